The summed E-state index contributed by atoms with van der Waals surface area (Å²) < 4.78 is 0. The summed E-state index contributed by atoms with van der Waals surface area (Å²) in [5, 5.41) is 24.6. The van der Waals surface area contributed by atoms with E-state index in [2.05, 4.69) is 20.6 Å². The normalized spacial score (nSPS) is 15.5. The smallest absolute Gasteiger partial charge is 0.426 e. The van der Waals surface area contributed by atoms with Crippen LogP contribution >= 0.6 is 0 Å². The maximum Gasteiger partial charge on any atom is 0.475 e. The van der Waals surface area contributed by atoms with Crippen molar-refractivity contribution in [3.05, 3.63) is 59.7 Å². The molecule has 0 radical (unpaired) electrons. The standard InChI is InChI=1S/C18H21BN4O4/c1-12-2-4-13(5-3-12)10-15(19(26)27)22-17(25)18(6-7-18)23-16(24)14-11-20-8-9-21-14/h2-5,8-9,11,15,26-27H,6-7,10H2,1H3,(H,22,25)(H,23,24). The number of aromatic nitrogens is 2. The van der Waals surface area contributed by atoms with Crippen molar-refractivity contribution < 1.29 is 19.6 Å². The maximum absolute atomic E-state index is 12.7. The number of carbonyl (C=O) groups is 2. The molecule has 0 bridgehead atoms. The minimum absolute atomic E-state index is 0.120. The fourth-order valence-electron chi connectivity index (χ4n) is 2.75. The third-order valence-corrected chi connectivity index (χ3v) is 4.59. The van der Waals surface area contributed by atoms with Gasteiger partial charge in [0.2, 0.25) is 5.91 Å². The van der Waals surface area contributed by atoms with E-state index >= 15 is 0 Å². The molecule has 8 nitrogen and oxygen atoms in total. The molecule has 27 heavy (non-hydrogen) atoms. The number of nitrogens with zero attached hydrogens (tertiary/aromatic N) is 2. The largest absolute Gasteiger partial charge is 0.475 e. The summed E-state index contributed by atoms with van der Waals surface area (Å²) in [4.78, 5) is 32.7. The Bertz CT molecular complexity index is 810. The van der Waals surface area contributed by atoms with Gasteiger partial charge in [-0.25, -0.2) is 4.98 Å². The number of hydrogen-bond donors (Lipinski definition) is 4. The van der Waals surface area contributed by atoms with Crippen LogP contribution in [0.15, 0.2) is 42.9 Å². The minimum Gasteiger partial charge on any atom is -0.426 e. The lowest BCUT2D eigenvalue weighted by molar-refractivity contribution is -0.124. The predicted molar refractivity (Wildman–Crippen MR) is 98.5 cm³/mol. The van der Waals surface area contributed by atoms with E-state index < -0.39 is 30.4 Å². The van der Waals surface area contributed by atoms with Crippen LogP contribution in [0, 0.1) is 6.92 Å². The Hall–Kier alpha value is -2.78. The molecule has 0 saturated heterocycles. The molecule has 1 fully saturated rings. The van der Waals surface area contributed by atoms with Gasteiger partial charge in [-0.05, 0) is 31.7 Å². The van der Waals surface area contributed by atoms with Gasteiger partial charge < -0.3 is 20.7 Å². The monoisotopic (exact) mass is 368 g/mol. The van der Waals surface area contributed by atoms with Gasteiger partial charge in [0.25, 0.3) is 5.91 Å². The van der Waals surface area contributed by atoms with Crippen LogP contribution in [0.2, 0.25) is 0 Å². The lowest BCUT2D eigenvalue weighted by Crippen LogP contribution is -2.56. The Kier molecular flexibility index (Phi) is 5.52. The molecular formula is C18H21BN4O4. The lowest BCUT2D eigenvalue weighted by atomic mass is 9.75. The molecular weight excluding hydrogens is 347 g/mol. The molecule has 0 aliphatic heterocycles. The Morgan fingerprint density at radius 3 is 2.48 bits per heavy atom. The highest BCUT2D eigenvalue weighted by Crippen LogP contribution is 2.36. The van der Waals surface area contributed by atoms with Crippen LogP contribution in [0.25, 0.3) is 0 Å². The fraction of sp³-hybridized carbons (Fsp3) is 0.333. The highest BCUT2D eigenvalue weighted by Gasteiger charge is 2.52. The van der Waals surface area contributed by atoms with Gasteiger partial charge in [-0.15, -0.1) is 0 Å². The molecule has 140 valence electrons. The topological polar surface area (TPSA) is 124 Å². The third-order valence-electron chi connectivity index (χ3n) is 4.59. The average molecular weight is 368 g/mol. The second-order valence-electron chi connectivity index (χ2n) is 6.81. The van der Waals surface area contributed by atoms with Crippen LogP contribution in [0.5, 0.6) is 0 Å². The number of amides is 2. The van der Waals surface area contributed by atoms with Crippen molar-refractivity contribution >= 4 is 18.9 Å². The summed E-state index contributed by atoms with van der Waals surface area (Å²) in [5.41, 5.74) is 1.03. The van der Waals surface area contributed by atoms with Gasteiger partial charge in [0.05, 0.1) is 12.1 Å². The Labute approximate surface area is 157 Å². The highest BCUT2D eigenvalue weighted by molar-refractivity contribution is 6.43. The van der Waals surface area contributed by atoms with Crippen LogP contribution in [-0.2, 0) is 11.2 Å². The van der Waals surface area contributed by atoms with E-state index in [0.29, 0.717) is 12.8 Å². The van der Waals surface area contributed by atoms with Gasteiger partial charge in [0.1, 0.15) is 11.2 Å². The van der Waals surface area contributed by atoms with Crippen molar-refractivity contribution in [1.82, 2.24) is 20.6 Å². The number of nitrogens with one attached hydrogen (secondary N) is 2. The van der Waals surface area contributed by atoms with Gasteiger partial charge in [-0.2, -0.15) is 0 Å². The zero-order valence-electron chi connectivity index (χ0n) is 14.9. The molecule has 1 aliphatic carbocycles. The van der Waals surface area contributed by atoms with Crippen molar-refractivity contribution in [2.45, 2.75) is 37.7 Å². The lowest BCUT2D eigenvalue weighted by Gasteiger charge is -2.23. The molecule has 1 aromatic heterocycles. The molecule has 1 atom stereocenters. The van der Waals surface area contributed by atoms with Gasteiger partial charge in [-0.1, -0.05) is 29.8 Å². The Balaban J connectivity index is 1.64. The molecule has 1 unspecified atom stereocenters. The second-order valence-corrected chi connectivity index (χ2v) is 6.81. The van der Waals surface area contributed by atoms with Crippen molar-refractivity contribution in [2.75, 3.05) is 0 Å². The first-order chi connectivity index (χ1) is 12.9. The SMILES string of the molecule is Cc1ccc(CC(NC(=O)C2(NC(=O)c3cnccn3)CC2)B(O)O)cc1. The highest BCUT2D eigenvalue weighted by atomic mass is 16.4. The van der Waals surface area contributed by atoms with Crippen LogP contribution in [-0.4, -0.2) is 50.4 Å². The zero-order valence-corrected chi connectivity index (χ0v) is 14.9. The first kappa shape index (κ1) is 19.0. The van der Waals surface area contributed by atoms with Gasteiger partial charge in [0.15, 0.2) is 0 Å². The maximum atomic E-state index is 12.7. The number of rotatable bonds is 7. The van der Waals surface area contributed by atoms with E-state index in [0.717, 1.165) is 11.1 Å². The van der Waals surface area contributed by atoms with Crippen molar-refractivity contribution in [2.24, 2.45) is 0 Å². The summed E-state index contributed by atoms with van der Waals surface area (Å²) in [7, 11) is -1.72. The average Bonchev–Trinajstić information content (AvgIpc) is 3.44. The van der Waals surface area contributed by atoms with Crippen molar-refractivity contribution in [1.29, 1.82) is 0 Å². The number of aryl methyl sites for hydroxylation is 1. The molecule has 0 spiro atoms. The molecule has 9 heteroatoms. The quantitative estimate of drug-likeness (QED) is 0.501. The molecule has 1 saturated carbocycles. The fourth-order valence-corrected chi connectivity index (χ4v) is 2.75. The van der Waals surface area contributed by atoms with Crippen LogP contribution < -0.4 is 10.6 Å². The molecule has 3 rings (SSSR count). The molecule has 1 heterocycles. The van der Waals surface area contributed by atoms with E-state index in [1.54, 1.807) is 0 Å². The Morgan fingerprint density at radius 2 is 1.93 bits per heavy atom. The summed E-state index contributed by atoms with van der Waals surface area (Å²) in [6.45, 7) is 1.96. The summed E-state index contributed by atoms with van der Waals surface area (Å²) in [5.74, 6) is -1.81. The van der Waals surface area contributed by atoms with E-state index in [1.165, 1.54) is 18.6 Å². The predicted octanol–water partition coefficient (Wildman–Crippen LogP) is -0.213. The molecule has 2 amide bonds. The third kappa shape index (κ3) is 4.69. The number of carbonyl (C=O) groups excluding carboxylic acids is 2. The molecule has 1 aromatic carbocycles. The Morgan fingerprint density at radius 1 is 1.22 bits per heavy atom. The van der Waals surface area contributed by atoms with E-state index in [1.807, 2.05) is 31.2 Å². The summed E-state index contributed by atoms with van der Waals surface area (Å²) in [6.07, 6.45) is 5.38. The zero-order chi connectivity index (χ0) is 19.4. The van der Waals surface area contributed by atoms with E-state index in [9.17, 15) is 19.6 Å². The van der Waals surface area contributed by atoms with Crippen LogP contribution in [0.3, 0.4) is 0 Å². The van der Waals surface area contributed by atoms with Crippen molar-refractivity contribution in [3.63, 3.8) is 0 Å². The van der Waals surface area contributed by atoms with Crippen molar-refractivity contribution in [3.8, 4) is 0 Å². The number of hydrogen-bond acceptors (Lipinski definition) is 6. The van der Waals surface area contributed by atoms with Gasteiger partial charge in [-0.3, -0.25) is 14.6 Å². The van der Waals surface area contributed by atoms with E-state index in [-0.39, 0.29) is 12.1 Å². The first-order valence-corrected chi connectivity index (χ1v) is 8.71. The molecule has 4 N–H and O–H groups in total. The van der Waals surface area contributed by atoms with E-state index in [4.69, 9.17) is 0 Å². The second kappa shape index (κ2) is 7.85. The van der Waals surface area contributed by atoms with Gasteiger partial charge in [0, 0.05) is 12.4 Å². The first-order valence-electron chi connectivity index (χ1n) is 8.71. The van der Waals surface area contributed by atoms with Crippen LogP contribution in [0.4, 0.5) is 0 Å². The number of benzene rings is 1. The molecule has 2 aromatic rings. The minimum atomic E-state index is -1.72. The summed E-state index contributed by atoms with van der Waals surface area (Å²) >= 11 is 0. The molecule has 1 aliphatic rings. The van der Waals surface area contributed by atoms with Gasteiger partial charge >= 0.3 is 7.12 Å². The van der Waals surface area contributed by atoms with Crippen LogP contribution in [0.1, 0.15) is 34.5 Å². The summed E-state index contributed by atoms with van der Waals surface area (Å²) in [6, 6.07) is 7.59.